The maximum absolute atomic E-state index is 12.5. The summed E-state index contributed by atoms with van der Waals surface area (Å²) in [5.41, 5.74) is -1.37. The SMILES string of the molecule is CC(C)CC(/C=C/CC(=O)NC1CC(C)(C)N(O)C(C)(C)C1)NC(=O)OC(C)(C)C. The molecule has 30 heavy (non-hydrogen) atoms. The molecule has 1 saturated heterocycles. The largest absolute Gasteiger partial charge is 0.444 e. The van der Waals surface area contributed by atoms with Gasteiger partial charge in [0, 0.05) is 23.5 Å². The Hall–Kier alpha value is -1.60. The Morgan fingerprint density at radius 1 is 1.17 bits per heavy atom. The second-order valence-electron chi connectivity index (χ2n) is 11.1. The molecule has 0 bridgehead atoms. The lowest BCUT2D eigenvalue weighted by molar-refractivity contribution is -0.246. The minimum atomic E-state index is -0.554. The molecule has 0 aliphatic carbocycles. The number of nitrogens with zero attached hydrogens (tertiary/aromatic N) is 1. The summed E-state index contributed by atoms with van der Waals surface area (Å²) < 4.78 is 5.34. The number of alkyl carbamates (subject to hydrolysis) is 1. The molecule has 0 spiro atoms. The van der Waals surface area contributed by atoms with Crippen molar-refractivity contribution in [3.8, 4) is 0 Å². The quantitative estimate of drug-likeness (QED) is 0.526. The van der Waals surface area contributed by atoms with Gasteiger partial charge < -0.3 is 20.6 Å². The van der Waals surface area contributed by atoms with Crippen LogP contribution in [0.25, 0.3) is 0 Å². The van der Waals surface area contributed by atoms with Crippen molar-refractivity contribution < 1.29 is 19.5 Å². The first kappa shape index (κ1) is 26.4. The van der Waals surface area contributed by atoms with E-state index in [4.69, 9.17) is 4.74 Å². The van der Waals surface area contributed by atoms with Crippen LogP contribution >= 0.6 is 0 Å². The van der Waals surface area contributed by atoms with E-state index >= 15 is 0 Å². The molecule has 0 aromatic rings. The number of hydrogen-bond acceptors (Lipinski definition) is 5. The van der Waals surface area contributed by atoms with Crippen molar-refractivity contribution >= 4 is 12.0 Å². The number of rotatable bonds is 7. The summed E-state index contributed by atoms with van der Waals surface area (Å²) in [5.74, 6) is 0.325. The fourth-order valence-electron chi connectivity index (χ4n) is 4.15. The van der Waals surface area contributed by atoms with Gasteiger partial charge in [-0.2, -0.15) is 5.06 Å². The molecule has 1 fully saturated rings. The van der Waals surface area contributed by atoms with Crippen molar-refractivity contribution in [3.63, 3.8) is 0 Å². The molecule has 1 rings (SSSR count). The molecule has 1 heterocycles. The summed E-state index contributed by atoms with van der Waals surface area (Å²) in [5, 5.41) is 17.8. The first-order valence-electron chi connectivity index (χ1n) is 11.0. The van der Waals surface area contributed by atoms with Crippen LogP contribution in [0.5, 0.6) is 0 Å². The summed E-state index contributed by atoms with van der Waals surface area (Å²) in [6, 6.07) is -0.186. The summed E-state index contributed by atoms with van der Waals surface area (Å²) in [4.78, 5) is 24.6. The topological polar surface area (TPSA) is 90.9 Å². The van der Waals surface area contributed by atoms with Crippen LogP contribution in [0.3, 0.4) is 0 Å². The lowest BCUT2D eigenvalue weighted by Gasteiger charge is -2.51. The Balaban J connectivity index is 2.63. The van der Waals surface area contributed by atoms with Gasteiger partial charge in [0.05, 0.1) is 6.04 Å². The van der Waals surface area contributed by atoms with Gasteiger partial charge in [0.25, 0.3) is 0 Å². The molecule has 7 heteroatoms. The van der Waals surface area contributed by atoms with Crippen LogP contribution in [-0.2, 0) is 9.53 Å². The van der Waals surface area contributed by atoms with Crippen LogP contribution in [0.2, 0.25) is 0 Å². The number of piperidine rings is 1. The molecule has 0 aromatic heterocycles. The molecule has 174 valence electrons. The zero-order chi connectivity index (χ0) is 23.3. The average Bonchev–Trinajstić information content (AvgIpc) is 2.49. The molecule has 0 aromatic carbocycles. The number of ether oxygens (including phenoxy) is 1. The van der Waals surface area contributed by atoms with Crippen LogP contribution in [0.15, 0.2) is 12.2 Å². The summed E-state index contributed by atoms with van der Waals surface area (Å²) in [7, 11) is 0. The Bertz CT molecular complexity index is 602. The van der Waals surface area contributed by atoms with Gasteiger partial charge in [0.15, 0.2) is 0 Å². The molecule has 0 saturated carbocycles. The highest BCUT2D eigenvalue weighted by atomic mass is 16.6. The maximum Gasteiger partial charge on any atom is 0.408 e. The van der Waals surface area contributed by atoms with Gasteiger partial charge in [-0.05, 0) is 73.6 Å². The van der Waals surface area contributed by atoms with Gasteiger partial charge in [0.1, 0.15) is 5.60 Å². The van der Waals surface area contributed by atoms with E-state index < -0.39 is 22.8 Å². The van der Waals surface area contributed by atoms with Crippen molar-refractivity contribution in [2.45, 2.75) is 117 Å². The van der Waals surface area contributed by atoms with Gasteiger partial charge in [-0.25, -0.2) is 4.79 Å². The van der Waals surface area contributed by atoms with Crippen molar-refractivity contribution in [2.24, 2.45) is 5.92 Å². The van der Waals surface area contributed by atoms with E-state index in [2.05, 4.69) is 24.5 Å². The summed E-state index contributed by atoms with van der Waals surface area (Å²) in [6.07, 6.45) is 5.57. The van der Waals surface area contributed by atoms with Gasteiger partial charge in [-0.15, -0.1) is 0 Å². The fraction of sp³-hybridized carbons (Fsp3) is 0.826. The molecule has 1 atom stereocenters. The van der Waals surface area contributed by atoms with Gasteiger partial charge in [0.2, 0.25) is 5.91 Å². The fourth-order valence-corrected chi connectivity index (χ4v) is 4.15. The van der Waals surface area contributed by atoms with Gasteiger partial charge in [-0.1, -0.05) is 26.0 Å². The standard InChI is InChI=1S/C23H43N3O4/c1-16(2)13-17(25-20(28)30-21(3,4)5)11-10-12-19(27)24-18-14-22(6,7)26(29)23(8,9)15-18/h10-11,16-18,29H,12-15H2,1-9H3,(H,24,27)(H,25,28)/b11-10+. The number of carbonyl (C=O) groups is 2. The second-order valence-corrected chi connectivity index (χ2v) is 11.1. The van der Waals surface area contributed by atoms with Crippen LogP contribution < -0.4 is 10.6 Å². The van der Waals surface area contributed by atoms with Crippen LogP contribution in [0.4, 0.5) is 4.79 Å². The van der Waals surface area contributed by atoms with Crippen LogP contribution in [0, 0.1) is 5.92 Å². The molecule has 1 unspecified atom stereocenters. The molecule has 1 aliphatic heterocycles. The van der Waals surface area contributed by atoms with E-state index in [1.54, 1.807) is 6.08 Å². The summed E-state index contributed by atoms with van der Waals surface area (Å²) >= 11 is 0. The number of carbonyl (C=O) groups excluding carboxylic acids is 2. The Labute approximate surface area is 182 Å². The minimum Gasteiger partial charge on any atom is -0.444 e. The number of nitrogens with one attached hydrogen (secondary N) is 2. The van der Waals surface area contributed by atoms with E-state index in [1.165, 1.54) is 5.06 Å². The predicted octanol–water partition coefficient (Wildman–Crippen LogP) is 4.40. The second kappa shape index (κ2) is 10.1. The van der Waals surface area contributed by atoms with E-state index in [1.807, 2.05) is 54.5 Å². The first-order chi connectivity index (χ1) is 13.5. The van der Waals surface area contributed by atoms with Crippen molar-refractivity contribution in [3.05, 3.63) is 12.2 Å². The predicted molar refractivity (Wildman–Crippen MR) is 119 cm³/mol. The zero-order valence-corrected chi connectivity index (χ0v) is 20.3. The third-order valence-electron chi connectivity index (χ3n) is 5.10. The lowest BCUT2D eigenvalue weighted by atomic mass is 9.79. The van der Waals surface area contributed by atoms with Crippen LogP contribution in [-0.4, -0.2) is 51.0 Å². The third-order valence-corrected chi connectivity index (χ3v) is 5.10. The Morgan fingerprint density at radius 2 is 1.70 bits per heavy atom. The molecule has 2 amide bonds. The van der Waals surface area contributed by atoms with Crippen molar-refractivity contribution in [1.29, 1.82) is 0 Å². The van der Waals surface area contributed by atoms with Crippen molar-refractivity contribution in [2.75, 3.05) is 0 Å². The van der Waals surface area contributed by atoms with E-state index in [9.17, 15) is 14.8 Å². The van der Waals surface area contributed by atoms with E-state index in [0.29, 0.717) is 18.8 Å². The van der Waals surface area contributed by atoms with Crippen molar-refractivity contribution in [1.82, 2.24) is 15.7 Å². The highest BCUT2D eigenvalue weighted by Gasteiger charge is 2.45. The molecular formula is C23H43N3O4. The maximum atomic E-state index is 12.5. The first-order valence-corrected chi connectivity index (χ1v) is 11.0. The molecule has 7 nitrogen and oxygen atoms in total. The van der Waals surface area contributed by atoms with E-state index in [0.717, 1.165) is 6.42 Å². The van der Waals surface area contributed by atoms with Gasteiger partial charge >= 0.3 is 6.09 Å². The molecule has 0 radical (unpaired) electrons. The Kier molecular flexibility index (Phi) is 8.93. The minimum absolute atomic E-state index is 0.00523. The molecule has 3 N–H and O–H groups in total. The average molecular weight is 426 g/mol. The number of hydroxylamine groups is 2. The normalized spacial score (nSPS) is 20.9. The lowest BCUT2D eigenvalue weighted by Crippen LogP contribution is -2.62. The smallest absolute Gasteiger partial charge is 0.408 e. The number of amides is 2. The summed E-state index contributed by atoms with van der Waals surface area (Å²) in [6.45, 7) is 17.6. The highest BCUT2D eigenvalue weighted by Crippen LogP contribution is 2.36. The van der Waals surface area contributed by atoms with E-state index in [-0.39, 0.29) is 24.4 Å². The van der Waals surface area contributed by atoms with Crippen LogP contribution in [0.1, 0.15) is 88.0 Å². The third kappa shape index (κ3) is 9.04. The highest BCUT2D eigenvalue weighted by molar-refractivity contribution is 5.77. The zero-order valence-electron chi connectivity index (χ0n) is 20.3. The van der Waals surface area contributed by atoms with Gasteiger partial charge in [-0.3, -0.25) is 4.79 Å². The monoisotopic (exact) mass is 425 g/mol. The molecule has 1 aliphatic rings. The number of hydrogen-bond donors (Lipinski definition) is 3. The Morgan fingerprint density at radius 3 is 2.17 bits per heavy atom. The molecular weight excluding hydrogens is 382 g/mol.